The Bertz CT molecular complexity index is 1350. The first kappa shape index (κ1) is 25.6. The van der Waals surface area contributed by atoms with Gasteiger partial charge in [0.25, 0.3) is 0 Å². The van der Waals surface area contributed by atoms with Gasteiger partial charge in [0.15, 0.2) is 0 Å². The quantitative estimate of drug-likeness (QED) is 0.434. The molecule has 0 unspecified atom stereocenters. The molecule has 2 saturated heterocycles. The number of pyridine rings is 1. The largest absolute Gasteiger partial charge is 0.363 e. The Kier molecular flexibility index (Phi) is 6.98. The lowest BCUT2D eigenvalue weighted by Gasteiger charge is -2.46. The van der Waals surface area contributed by atoms with Crippen LogP contribution in [-0.4, -0.2) is 54.1 Å². The number of nitrogens with zero attached hydrogens (tertiary/aromatic N) is 5. The summed E-state index contributed by atoms with van der Waals surface area (Å²) in [7, 11) is 0. The van der Waals surface area contributed by atoms with Gasteiger partial charge in [0, 0.05) is 62.1 Å². The second-order valence-corrected chi connectivity index (χ2v) is 10.1. The maximum atomic E-state index is 14.9. The van der Waals surface area contributed by atoms with Crippen LogP contribution in [0, 0.1) is 29.9 Å². The molecule has 4 atom stereocenters. The molecular weight excluding hydrogens is 491 g/mol. The molecule has 0 spiro atoms. The number of rotatable bonds is 4. The minimum atomic E-state index is -0.672. The Labute approximate surface area is 220 Å². The highest BCUT2D eigenvalue weighted by Crippen LogP contribution is 2.38. The number of halogens is 3. The number of piperazine rings is 1. The summed E-state index contributed by atoms with van der Waals surface area (Å²) in [6.07, 6.45) is 1.48. The van der Waals surface area contributed by atoms with Crippen molar-refractivity contribution >= 4 is 23.1 Å². The van der Waals surface area contributed by atoms with E-state index in [1.165, 1.54) is 30.5 Å². The van der Waals surface area contributed by atoms with Gasteiger partial charge >= 0.3 is 0 Å². The monoisotopic (exact) mass is 519 g/mol. The Balaban J connectivity index is 1.41. The lowest BCUT2D eigenvalue weighted by Crippen LogP contribution is -2.59. The number of hydrogen-bond acceptors (Lipinski definition) is 4. The van der Waals surface area contributed by atoms with Gasteiger partial charge in [0.2, 0.25) is 11.6 Å². The average Bonchev–Trinajstić information content (AvgIpc) is 3.34. The van der Waals surface area contributed by atoms with E-state index in [9.17, 15) is 18.0 Å². The fourth-order valence-electron chi connectivity index (χ4n) is 5.85. The number of hydrogen-bond donors (Lipinski definition) is 0. The molecule has 5 rings (SSSR count). The van der Waals surface area contributed by atoms with Crippen LogP contribution in [-0.2, 0) is 4.79 Å². The highest BCUT2D eigenvalue weighted by Gasteiger charge is 2.44. The summed E-state index contributed by atoms with van der Waals surface area (Å²) in [6, 6.07) is 13.2. The van der Waals surface area contributed by atoms with Gasteiger partial charge in [-0.2, -0.15) is 0 Å². The van der Waals surface area contributed by atoms with E-state index in [2.05, 4.69) is 14.7 Å². The minimum Gasteiger partial charge on any atom is -0.363 e. The summed E-state index contributed by atoms with van der Waals surface area (Å²) in [5, 5.41) is 0. The van der Waals surface area contributed by atoms with Gasteiger partial charge < -0.3 is 14.7 Å². The molecule has 3 heterocycles. The van der Waals surface area contributed by atoms with Crippen LogP contribution in [0.4, 0.5) is 30.4 Å². The van der Waals surface area contributed by atoms with Crippen LogP contribution in [0.2, 0.25) is 0 Å². The Morgan fingerprint density at radius 1 is 0.921 bits per heavy atom. The number of amides is 1. The van der Waals surface area contributed by atoms with Crippen LogP contribution >= 0.6 is 0 Å². The lowest BCUT2D eigenvalue weighted by molar-refractivity contribution is -0.136. The van der Waals surface area contributed by atoms with E-state index in [1.807, 2.05) is 23.6 Å². The second-order valence-electron chi connectivity index (χ2n) is 10.1. The normalized spacial score (nSPS) is 23.4. The van der Waals surface area contributed by atoms with E-state index < -0.39 is 23.5 Å². The molecule has 0 radical (unpaired) electrons. The first-order chi connectivity index (χ1) is 18.2. The third kappa shape index (κ3) is 4.91. The zero-order chi connectivity index (χ0) is 27.0. The molecule has 0 saturated carbocycles. The third-order valence-electron chi connectivity index (χ3n) is 7.54. The van der Waals surface area contributed by atoms with Crippen LogP contribution in [0.1, 0.15) is 25.3 Å². The maximum Gasteiger partial charge on any atom is 0.228 e. The number of carbonyl (C=O) groups excluding carboxylic acids is 1. The maximum absolute atomic E-state index is 14.9. The van der Waals surface area contributed by atoms with Crippen LogP contribution in [0.25, 0.3) is 4.85 Å². The second kappa shape index (κ2) is 10.4. The molecule has 2 aliphatic rings. The van der Waals surface area contributed by atoms with Gasteiger partial charge in [0.1, 0.15) is 23.3 Å². The van der Waals surface area contributed by atoms with Gasteiger partial charge in [-0.25, -0.2) is 18.0 Å². The van der Waals surface area contributed by atoms with Crippen molar-refractivity contribution in [1.82, 2.24) is 9.88 Å². The van der Waals surface area contributed by atoms with E-state index in [0.717, 1.165) is 11.8 Å². The minimum absolute atomic E-state index is 0.0190. The molecule has 3 aromatic rings. The van der Waals surface area contributed by atoms with Gasteiger partial charge in [0.05, 0.1) is 12.5 Å². The van der Waals surface area contributed by atoms with E-state index in [0.29, 0.717) is 43.2 Å². The van der Waals surface area contributed by atoms with Crippen molar-refractivity contribution in [2.24, 2.45) is 5.92 Å². The molecule has 0 aliphatic carbocycles. The molecule has 2 fully saturated rings. The number of benzene rings is 2. The molecule has 2 aromatic carbocycles. The third-order valence-corrected chi connectivity index (χ3v) is 7.54. The van der Waals surface area contributed by atoms with Crippen molar-refractivity contribution in [3.63, 3.8) is 0 Å². The first-order valence-corrected chi connectivity index (χ1v) is 12.6. The molecule has 196 valence electrons. The number of aromatic nitrogens is 1. The van der Waals surface area contributed by atoms with Crippen LogP contribution in [0.15, 0.2) is 60.8 Å². The molecule has 1 amide bonds. The van der Waals surface area contributed by atoms with Crippen molar-refractivity contribution in [2.45, 2.75) is 31.8 Å². The molecular formula is C29H28F3N5O. The predicted molar refractivity (Wildman–Crippen MR) is 140 cm³/mol. The fourth-order valence-corrected chi connectivity index (χ4v) is 5.85. The summed E-state index contributed by atoms with van der Waals surface area (Å²) in [5.74, 6) is -2.18. The van der Waals surface area contributed by atoms with E-state index in [1.54, 1.807) is 24.3 Å². The highest BCUT2D eigenvalue weighted by atomic mass is 19.1. The van der Waals surface area contributed by atoms with Crippen molar-refractivity contribution in [2.75, 3.05) is 36.0 Å². The van der Waals surface area contributed by atoms with E-state index in [4.69, 9.17) is 6.57 Å². The summed E-state index contributed by atoms with van der Waals surface area (Å²) in [6.45, 7) is 12.8. The number of carbonyl (C=O) groups is 1. The summed E-state index contributed by atoms with van der Waals surface area (Å²) >= 11 is 0. The lowest BCUT2D eigenvalue weighted by atomic mass is 9.87. The summed E-state index contributed by atoms with van der Waals surface area (Å²) in [4.78, 5) is 27.7. The molecule has 2 aliphatic heterocycles. The van der Waals surface area contributed by atoms with Gasteiger partial charge in [-0.05, 0) is 55.8 Å². The van der Waals surface area contributed by atoms with Crippen molar-refractivity contribution in [1.29, 1.82) is 0 Å². The Morgan fingerprint density at radius 3 is 2.21 bits per heavy atom. The number of anilines is 2. The highest BCUT2D eigenvalue weighted by molar-refractivity contribution is 5.82. The molecule has 1 aromatic heterocycles. The Hall–Kier alpha value is -4.06. The van der Waals surface area contributed by atoms with E-state index in [-0.39, 0.29) is 23.8 Å². The zero-order valence-electron chi connectivity index (χ0n) is 21.2. The summed E-state index contributed by atoms with van der Waals surface area (Å²) < 4.78 is 42.1. The van der Waals surface area contributed by atoms with Crippen molar-refractivity contribution in [3.05, 3.63) is 95.2 Å². The standard InChI is InChI=1S/C29H28F3N5O/c1-18-14-36(15-19(2)37(18)23-8-4-20(30)5-9-23)29(38)26-17-35(28-11-7-22(33-3)13-34-28)16-25(26)24-10-6-21(31)12-27(24)32/h4-13,18-19,25-26H,14-17H2,1-2H3/t18-,19+,25-,26+/m1/s1. The van der Waals surface area contributed by atoms with Gasteiger partial charge in [-0.1, -0.05) is 12.1 Å². The first-order valence-electron chi connectivity index (χ1n) is 12.6. The summed E-state index contributed by atoms with van der Waals surface area (Å²) in [5.41, 5.74) is 1.60. The topological polar surface area (TPSA) is 44.0 Å². The van der Waals surface area contributed by atoms with Crippen molar-refractivity contribution < 1.29 is 18.0 Å². The predicted octanol–water partition coefficient (Wildman–Crippen LogP) is 5.40. The molecule has 0 bridgehead atoms. The van der Waals surface area contributed by atoms with Gasteiger partial charge in [-0.3, -0.25) is 9.78 Å². The van der Waals surface area contributed by atoms with Crippen LogP contribution in [0.5, 0.6) is 0 Å². The Morgan fingerprint density at radius 2 is 1.61 bits per heavy atom. The zero-order valence-corrected chi connectivity index (χ0v) is 21.2. The SMILES string of the molecule is [C-]#[N+]c1ccc(N2C[C@H](C(=O)N3C[C@@H](C)N(c4ccc(F)cc4)[C@@H](C)C3)[C@@H](c3ccc(F)cc3F)C2)nc1. The average molecular weight is 520 g/mol. The molecule has 9 heteroatoms. The molecule has 0 N–H and O–H groups in total. The fraction of sp³-hybridized carbons (Fsp3) is 0.345. The molecule has 38 heavy (non-hydrogen) atoms. The van der Waals surface area contributed by atoms with Crippen molar-refractivity contribution in [3.8, 4) is 0 Å². The van der Waals surface area contributed by atoms with Gasteiger partial charge in [-0.15, -0.1) is 0 Å². The molecule has 6 nitrogen and oxygen atoms in total. The van der Waals surface area contributed by atoms with E-state index >= 15 is 0 Å². The van der Waals surface area contributed by atoms with Crippen LogP contribution in [0.3, 0.4) is 0 Å². The smallest absolute Gasteiger partial charge is 0.228 e. The van der Waals surface area contributed by atoms with Crippen LogP contribution < -0.4 is 9.80 Å².